The van der Waals surface area contributed by atoms with Crippen LogP contribution in [-0.4, -0.2) is 0 Å². The van der Waals surface area contributed by atoms with Gasteiger partial charge in [0.15, 0.2) is 0 Å². The molecule has 0 heterocycles. The van der Waals surface area contributed by atoms with Crippen LogP contribution in [0.1, 0.15) is 38.8 Å². The van der Waals surface area contributed by atoms with E-state index >= 15 is 0 Å². The van der Waals surface area contributed by atoms with Crippen molar-refractivity contribution < 1.29 is 0 Å². The molecule has 0 aliphatic rings. The third kappa shape index (κ3) is 8.67. The largest absolute Gasteiger partial charge is 0.310 e. The molecule has 0 spiro atoms. The van der Waals surface area contributed by atoms with Gasteiger partial charge in [0.05, 0.1) is 0 Å². The summed E-state index contributed by atoms with van der Waals surface area (Å²) in [5.41, 5.74) is 18.9. The highest BCUT2D eigenvalue weighted by molar-refractivity contribution is 5.97. The molecule has 0 bridgehead atoms. The van der Waals surface area contributed by atoms with Crippen LogP contribution in [0.2, 0.25) is 0 Å². The summed E-state index contributed by atoms with van der Waals surface area (Å²) in [4.78, 5) is 2.35. The molecule has 9 aromatic rings. The summed E-state index contributed by atoms with van der Waals surface area (Å²) in [5.74, 6) is 0. The normalized spacial score (nSPS) is 11.8. The van der Waals surface area contributed by atoms with Gasteiger partial charge in [-0.25, -0.2) is 0 Å². The summed E-state index contributed by atoms with van der Waals surface area (Å²) >= 11 is 0. The molecule has 0 N–H and O–H groups in total. The second kappa shape index (κ2) is 18.3. The second-order valence-electron chi connectivity index (χ2n) is 17.4. The zero-order valence-corrected chi connectivity index (χ0v) is 37.2. The first-order valence-corrected chi connectivity index (χ1v) is 22.2. The molecule has 1 heteroatoms. The van der Waals surface area contributed by atoms with Crippen molar-refractivity contribution in [1.82, 2.24) is 0 Å². The van der Waals surface area contributed by atoms with Crippen molar-refractivity contribution in [1.29, 1.82) is 0 Å². The topological polar surface area (TPSA) is 3.24 Å². The molecule has 0 amide bonds. The zero-order chi connectivity index (χ0) is 44.0. The number of hydrogen-bond donors (Lipinski definition) is 0. The summed E-state index contributed by atoms with van der Waals surface area (Å²) < 4.78 is 0. The van der Waals surface area contributed by atoms with E-state index in [9.17, 15) is 0 Å². The van der Waals surface area contributed by atoms with Crippen LogP contribution in [0.5, 0.6) is 0 Å². The van der Waals surface area contributed by atoms with Crippen molar-refractivity contribution in [2.45, 2.75) is 33.1 Å². The molecule has 0 aromatic heterocycles. The van der Waals surface area contributed by atoms with Gasteiger partial charge < -0.3 is 4.90 Å². The number of allylic oxidation sites excluding steroid dienone is 5. The Balaban J connectivity index is 1.13. The number of nitrogens with zero attached hydrogens (tertiary/aromatic N) is 1. The first kappa shape index (κ1) is 41.6. The van der Waals surface area contributed by atoms with E-state index in [1.165, 1.54) is 66.4 Å². The van der Waals surface area contributed by atoms with Crippen LogP contribution in [0.15, 0.2) is 243 Å². The Morgan fingerprint density at radius 3 is 1.75 bits per heavy atom. The lowest BCUT2D eigenvalue weighted by Gasteiger charge is -2.26. The summed E-state index contributed by atoms with van der Waals surface area (Å²) in [6.45, 7) is 12.9. The lowest BCUT2D eigenvalue weighted by Crippen LogP contribution is -2.12. The SMILES string of the molecule is C=C/C=C(\C=C/C)c1cccc(N(c2ccc(-c3ccc(-c4ccccc4)c(-c4cccc(-c5ccccc5C(C)(C)C)c4)c3)cc2)c2ccc(-c3cccc4ccccc34)cc2)c1. The Labute approximate surface area is 379 Å². The summed E-state index contributed by atoms with van der Waals surface area (Å²) in [6, 6.07) is 77.5. The number of anilines is 3. The van der Waals surface area contributed by atoms with E-state index in [1.807, 2.05) is 6.08 Å². The Bertz CT molecular complexity index is 3130. The maximum Gasteiger partial charge on any atom is 0.0467 e. The molecule has 1 nitrogen and oxygen atoms in total. The van der Waals surface area contributed by atoms with Gasteiger partial charge in [0.2, 0.25) is 0 Å². The molecule has 9 rings (SSSR count). The van der Waals surface area contributed by atoms with Gasteiger partial charge in [0, 0.05) is 17.1 Å². The van der Waals surface area contributed by atoms with Crippen LogP contribution >= 0.6 is 0 Å². The summed E-state index contributed by atoms with van der Waals surface area (Å²) in [6.07, 6.45) is 8.13. The standard InChI is InChI=1S/C63H53N/c1-6-18-45(19-7-2)50-24-16-27-56(43-50)64(55-39-34-49(35-40-55)58-30-17-23-48-22-11-12-28-57(48)58)54-37-32-46(33-38-54)51-36-41-59(47-20-9-8-10-21-47)61(44-51)53-26-15-25-52(42-53)60-29-13-14-31-62(60)63(3,4)5/h6-44H,1H2,2-5H3/b19-7-,45-18+. The molecule has 0 atom stereocenters. The molecule has 310 valence electrons. The molecule has 0 unspecified atom stereocenters. The van der Waals surface area contributed by atoms with E-state index in [0.717, 1.165) is 33.8 Å². The van der Waals surface area contributed by atoms with E-state index < -0.39 is 0 Å². The van der Waals surface area contributed by atoms with E-state index in [4.69, 9.17) is 0 Å². The van der Waals surface area contributed by atoms with Gasteiger partial charge in [-0.15, -0.1) is 0 Å². The molecule has 0 saturated carbocycles. The lowest BCUT2D eigenvalue weighted by molar-refractivity contribution is 0.592. The van der Waals surface area contributed by atoms with Gasteiger partial charge in [-0.2, -0.15) is 0 Å². The lowest BCUT2D eigenvalue weighted by atomic mass is 9.81. The number of rotatable bonds is 11. The number of fused-ring (bicyclic) bond motifs is 1. The highest BCUT2D eigenvalue weighted by atomic mass is 15.1. The van der Waals surface area contributed by atoms with Crippen LogP contribution in [0.3, 0.4) is 0 Å². The number of benzene rings is 9. The van der Waals surface area contributed by atoms with E-state index in [1.54, 1.807) is 0 Å². The third-order valence-corrected chi connectivity index (χ3v) is 12.1. The monoisotopic (exact) mass is 823 g/mol. The Morgan fingerprint density at radius 2 is 1.02 bits per heavy atom. The average Bonchev–Trinajstić information content (AvgIpc) is 3.34. The number of hydrogen-bond acceptors (Lipinski definition) is 1. The van der Waals surface area contributed by atoms with Crippen LogP contribution in [0.4, 0.5) is 17.1 Å². The highest BCUT2D eigenvalue weighted by Gasteiger charge is 2.20. The van der Waals surface area contributed by atoms with Crippen LogP contribution in [0, 0.1) is 0 Å². The van der Waals surface area contributed by atoms with Crippen molar-refractivity contribution in [3.05, 3.63) is 254 Å². The van der Waals surface area contributed by atoms with Crippen molar-refractivity contribution in [2.75, 3.05) is 4.90 Å². The molecule has 0 aliphatic heterocycles. The second-order valence-corrected chi connectivity index (χ2v) is 17.4. The average molecular weight is 824 g/mol. The van der Waals surface area contributed by atoms with E-state index in [2.05, 4.69) is 270 Å². The minimum Gasteiger partial charge on any atom is -0.310 e. The maximum atomic E-state index is 4.00. The van der Waals surface area contributed by atoms with Crippen molar-refractivity contribution in [2.24, 2.45) is 0 Å². The van der Waals surface area contributed by atoms with Gasteiger partial charge in [-0.05, 0) is 144 Å². The summed E-state index contributed by atoms with van der Waals surface area (Å²) in [5, 5.41) is 2.49. The molecule has 0 radical (unpaired) electrons. The fraction of sp³-hybridized carbons (Fsp3) is 0.0794. The van der Waals surface area contributed by atoms with Gasteiger partial charge in [-0.1, -0.05) is 215 Å². The van der Waals surface area contributed by atoms with Gasteiger partial charge in [-0.3, -0.25) is 0 Å². The fourth-order valence-corrected chi connectivity index (χ4v) is 8.97. The van der Waals surface area contributed by atoms with E-state index in [-0.39, 0.29) is 5.41 Å². The molecule has 0 aliphatic carbocycles. The Kier molecular flexibility index (Phi) is 11.9. The van der Waals surface area contributed by atoms with Gasteiger partial charge >= 0.3 is 0 Å². The van der Waals surface area contributed by atoms with Crippen LogP contribution in [-0.2, 0) is 5.41 Å². The van der Waals surface area contributed by atoms with Crippen molar-refractivity contribution in [3.8, 4) is 55.6 Å². The van der Waals surface area contributed by atoms with Crippen molar-refractivity contribution >= 4 is 33.4 Å². The Hall–Kier alpha value is -7.74. The highest BCUT2D eigenvalue weighted by Crippen LogP contribution is 2.42. The third-order valence-electron chi connectivity index (χ3n) is 12.1. The minimum atomic E-state index is 0.0189. The Morgan fingerprint density at radius 1 is 0.438 bits per heavy atom. The van der Waals surface area contributed by atoms with Crippen LogP contribution < -0.4 is 4.90 Å². The molecule has 64 heavy (non-hydrogen) atoms. The van der Waals surface area contributed by atoms with Gasteiger partial charge in [0.25, 0.3) is 0 Å². The molecule has 9 aromatic carbocycles. The quantitative estimate of drug-likeness (QED) is 0.117. The van der Waals surface area contributed by atoms with Gasteiger partial charge in [0.1, 0.15) is 0 Å². The molecule has 0 fully saturated rings. The predicted octanol–water partition coefficient (Wildman–Crippen LogP) is 18.1. The molecule has 0 saturated heterocycles. The van der Waals surface area contributed by atoms with E-state index in [0.29, 0.717) is 0 Å². The predicted molar refractivity (Wildman–Crippen MR) is 277 cm³/mol. The first-order valence-electron chi connectivity index (χ1n) is 22.2. The smallest absolute Gasteiger partial charge is 0.0467 e. The zero-order valence-electron chi connectivity index (χ0n) is 37.2. The molecular weight excluding hydrogens is 771 g/mol. The first-order chi connectivity index (χ1) is 31.3. The van der Waals surface area contributed by atoms with Crippen molar-refractivity contribution in [3.63, 3.8) is 0 Å². The summed E-state index contributed by atoms with van der Waals surface area (Å²) in [7, 11) is 0. The maximum absolute atomic E-state index is 4.00. The molecular formula is C63H53N. The fourth-order valence-electron chi connectivity index (χ4n) is 8.97. The minimum absolute atomic E-state index is 0.0189. The van der Waals surface area contributed by atoms with Crippen LogP contribution in [0.25, 0.3) is 72.0 Å².